The number of carbonyl (C=O) groups is 1. The number of rotatable bonds is 5. The van der Waals surface area contributed by atoms with Gasteiger partial charge in [-0.2, -0.15) is 0 Å². The molecule has 0 rings (SSSR count). The summed E-state index contributed by atoms with van der Waals surface area (Å²) in [5.74, 6) is 0.534. The van der Waals surface area contributed by atoms with Crippen LogP contribution in [0.15, 0.2) is 12.2 Å². The van der Waals surface area contributed by atoms with Crippen LogP contribution < -0.4 is 0 Å². The van der Waals surface area contributed by atoms with Crippen LogP contribution in [-0.2, 0) is 4.79 Å². The molecule has 0 spiro atoms. The molecule has 1 nitrogen and oxygen atoms in total. The van der Waals surface area contributed by atoms with Gasteiger partial charge in [0.2, 0.25) is 0 Å². The highest BCUT2D eigenvalue weighted by atomic mass is 16.1. The van der Waals surface area contributed by atoms with Crippen molar-refractivity contribution in [1.29, 1.82) is 0 Å². The van der Waals surface area contributed by atoms with Gasteiger partial charge in [-0.05, 0) is 26.2 Å². The molecule has 0 aromatic carbocycles. The summed E-state index contributed by atoms with van der Waals surface area (Å²) in [6.45, 7) is 5.77. The van der Waals surface area contributed by atoms with E-state index in [2.05, 4.69) is 19.1 Å². The lowest BCUT2D eigenvalue weighted by molar-refractivity contribution is -0.120. The number of Topliss-reactive ketones (excluding diaryl/α,β-unsaturated/α-hetero) is 1. The van der Waals surface area contributed by atoms with E-state index in [4.69, 9.17) is 0 Å². The Morgan fingerprint density at radius 2 is 2.09 bits per heavy atom. The zero-order valence-electron chi connectivity index (χ0n) is 7.76. The molecule has 0 bridgehead atoms. The zero-order valence-corrected chi connectivity index (χ0v) is 7.76. The first-order valence-corrected chi connectivity index (χ1v) is 4.34. The first-order chi connectivity index (χ1) is 5.18. The Morgan fingerprint density at radius 3 is 2.55 bits per heavy atom. The molecule has 0 saturated carbocycles. The number of ketones is 1. The van der Waals surface area contributed by atoms with Crippen LogP contribution in [0.5, 0.6) is 0 Å². The van der Waals surface area contributed by atoms with Gasteiger partial charge in [0.1, 0.15) is 5.78 Å². The monoisotopic (exact) mass is 154 g/mol. The van der Waals surface area contributed by atoms with Crippen LogP contribution in [0, 0.1) is 5.92 Å². The summed E-state index contributed by atoms with van der Waals surface area (Å²) < 4.78 is 0. The minimum absolute atomic E-state index is 0.233. The van der Waals surface area contributed by atoms with E-state index in [-0.39, 0.29) is 5.92 Å². The Labute approximate surface area is 69.5 Å². The van der Waals surface area contributed by atoms with Crippen molar-refractivity contribution < 1.29 is 4.79 Å². The quantitative estimate of drug-likeness (QED) is 0.556. The third kappa shape index (κ3) is 5.84. The van der Waals surface area contributed by atoms with E-state index < -0.39 is 0 Å². The predicted molar refractivity (Wildman–Crippen MR) is 48.5 cm³/mol. The van der Waals surface area contributed by atoms with Crippen LogP contribution >= 0.6 is 0 Å². The molecule has 0 amide bonds. The lowest BCUT2D eigenvalue weighted by atomic mass is 10.0. The van der Waals surface area contributed by atoms with Crippen molar-refractivity contribution in [3.05, 3.63) is 12.2 Å². The molecule has 0 aromatic rings. The van der Waals surface area contributed by atoms with Crippen molar-refractivity contribution in [3.8, 4) is 0 Å². The summed E-state index contributed by atoms with van der Waals surface area (Å²) in [5.41, 5.74) is 0. The molecule has 0 aliphatic rings. The molecule has 1 atom stereocenters. The van der Waals surface area contributed by atoms with Crippen LogP contribution in [-0.4, -0.2) is 5.78 Å². The second-order valence-electron chi connectivity index (χ2n) is 2.97. The fraction of sp³-hybridized carbons (Fsp3) is 0.700. The summed E-state index contributed by atoms with van der Waals surface area (Å²) in [7, 11) is 0. The van der Waals surface area contributed by atoms with E-state index in [9.17, 15) is 4.79 Å². The zero-order chi connectivity index (χ0) is 8.69. The lowest BCUT2D eigenvalue weighted by Crippen LogP contribution is -2.04. The van der Waals surface area contributed by atoms with Gasteiger partial charge < -0.3 is 0 Å². The number of allylic oxidation sites excluding steroid dienone is 2. The summed E-state index contributed by atoms with van der Waals surface area (Å²) in [6.07, 6.45) is 7.42. The molecule has 0 N–H and O–H groups in total. The SMILES string of the molecule is CCC=CCCC(C)C(C)=O. The average Bonchev–Trinajstić information content (AvgIpc) is 1.97. The molecule has 64 valence electrons. The maximum absolute atomic E-state index is 10.8. The predicted octanol–water partition coefficient (Wildman–Crippen LogP) is 2.96. The number of hydrogen-bond donors (Lipinski definition) is 0. The minimum atomic E-state index is 0.233. The third-order valence-electron chi connectivity index (χ3n) is 1.86. The first kappa shape index (κ1) is 10.4. The van der Waals surface area contributed by atoms with Gasteiger partial charge in [-0.15, -0.1) is 0 Å². The Kier molecular flexibility index (Phi) is 5.81. The molecule has 0 aliphatic carbocycles. The molecule has 0 aliphatic heterocycles. The number of hydrogen-bond acceptors (Lipinski definition) is 1. The molecule has 0 aromatic heterocycles. The highest BCUT2D eigenvalue weighted by molar-refractivity contribution is 5.77. The van der Waals surface area contributed by atoms with Gasteiger partial charge in [0.25, 0.3) is 0 Å². The van der Waals surface area contributed by atoms with E-state index in [0.29, 0.717) is 5.78 Å². The van der Waals surface area contributed by atoms with Crippen molar-refractivity contribution >= 4 is 5.78 Å². The molecule has 11 heavy (non-hydrogen) atoms. The highest BCUT2D eigenvalue weighted by Gasteiger charge is 2.04. The summed E-state index contributed by atoms with van der Waals surface area (Å²) in [6, 6.07) is 0. The van der Waals surface area contributed by atoms with Crippen LogP contribution in [0.3, 0.4) is 0 Å². The Hall–Kier alpha value is -0.590. The van der Waals surface area contributed by atoms with E-state index in [1.165, 1.54) is 0 Å². The molecule has 0 fully saturated rings. The van der Waals surface area contributed by atoms with Crippen molar-refractivity contribution in [2.45, 2.75) is 40.0 Å². The van der Waals surface area contributed by atoms with E-state index in [1.807, 2.05) is 6.92 Å². The molecule has 0 saturated heterocycles. The van der Waals surface area contributed by atoms with Crippen LogP contribution in [0.2, 0.25) is 0 Å². The molecule has 0 radical (unpaired) electrons. The van der Waals surface area contributed by atoms with Crippen molar-refractivity contribution in [3.63, 3.8) is 0 Å². The lowest BCUT2D eigenvalue weighted by Gasteiger charge is -2.03. The van der Waals surface area contributed by atoms with E-state index >= 15 is 0 Å². The molecule has 0 heterocycles. The largest absolute Gasteiger partial charge is 0.300 e. The van der Waals surface area contributed by atoms with E-state index in [0.717, 1.165) is 19.3 Å². The Morgan fingerprint density at radius 1 is 1.45 bits per heavy atom. The van der Waals surface area contributed by atoms with Crippen LogP contribution in [0.1, 0.15) is 40.0 Å². The fourth-order valence-corrected chi connectivity index (χ4v) is 0.834. The van der Waals surface area contributed by atoms with Crippen molar-refractivity contribution in [1.82, 2.24) is 0 Å². The maximum Gasteiger partial charge on any atom is 0.132 e. The van der Waals surface area contributed by atoms with Gasteiger partial charge >= 0.3 is 0 Å². The Bertz CT molecular complexity index is 136. The summed E-state index contributed by atoms with van der Waals surface area (Å²) >= 11 is 0. The second-order valence-corrected chi connectivity index (χ2v) is 2.97. The van der Waals surface area contributed by atoms with Gasteiger partial charge in [-0.1, -0.05) is 26.0 Å². The third-order valence-corrected chi connectivity index (χ3v) is 1.86. The standard InChI is InChI=1S/C10H18O/c1-4-5-6-7-8-9(2)10(3)11/h5-6,9H,4,7-8H2,1-3H3. The fourth-order valence-electron chi connectivity index (χ4n) is 0.834. The second kappa shape index (κ2) is 6.14. The molecular weight excluding hydrogens is 136 g/mol. The van der Waals surface area contributed by atoms with Gasteiger partial charge in [0.05, 0.1) is 0 Å². The highest BCUT2D eigenvalue weighted by Crippen LogP contribution is 2.06. The van der Waals surface area contributed by atoms with Gasteiger partial charge in [-0.25, -0.2) is 0 Å². The maximum atomic E-state index is 10.8. The van der Waals surface area contributed by atoms with Crippen LogP contribution in [0.25, 0.3) is 0 Å². The molecular formula is C10H18O. The summed E-state index contributed by atoms with van der Waals surface area (Å²) in [4.78, 5) is 10.8. The van der Waals surface area contributed by atoms with Crippen molar-refractivity contribution in [2.75, 3.05) is 0 Å². The first-order valence-electron chi connectivity index (χ1n) is 4.34. The van der Waals surface area contributed by atoms with Gasteiger partial charge in [0, 0.05) is 5.92 Å². The van der Waals surface area contributed by atoms with Crippen molar-refractivity contribution in [2.24, 2.45) is 5.92 Å². The smallest absolute Gasteiger partial charge is 0.132 e. The van der Waals surface area contributed by atoms with Crippen LogP contribution in [0.4, 0.5) is 0 Å². The topological polar surface area (TPSA) is 17.1 Å². The Balaban J connectivity index is 3.38. The van der Waals surface area contributed by atoms with Gasteiger partial charge in [0.15, 0.2) is 0 Å². The average molecular weight is 154 g/mol. The normalized spacial score (nSPS) is 13.7. The molecule has 1 heteroatoms. The van der Waals surface area contributed by atoms with E-state index in [1.54, 1.807) is 6.92 Å². The van der Waals surface area contributed by atoms with Gasteiger partial charge in [-0.3, -0.25) is 4.79 Å². The number of carbonyl (C=O) groups excluding carboxylic acids is 1. The molecule has 1 unspecified atom stereocenters. The summed E-state index contributed by atoms with van der Waals surface area (Å²) in [5, 5.41) is 0. The minimum Gasteiger partial charge on any atom is -0.300 e.